The van der Waals surface area contributed by atoms with Crippen LogP contribution in [-0.4, -0.2) is 29.1 Å². The fourth-order valence-corrected chi connectivity index (χ4v) is 7.42. The van der Waals surface area contributed by atoms with Gasteiger partial charge in [0.2, 0.25) is 0 Å². The zero-order chi connectivity index (χ0) is 32.3. The Bertz CT molecular complexity index is 586. The summed E-state index contributed by atoms with van der Waals surface area (Å²) in [6, 6.07) is 0. The van der Waals surface area contributed by atoms with Crippen molar-refractivity contribution in [1.29, 1.82) is 0 Å². The second-order valence-electron chi connectivity index (χ2n) is 15.0. The van der Waals surface area contributed by atoms with Gasteiger partial charge < -0.3 is 9.80 Å². The van der Waals surface area contributed by atoms with Gasteiger partial charge in [-0.25, -0.2) is 0 Å². The Labute approximate surface area is 286 Å². The van der Waals surface area contributed by atoms with Gasteiger partial charge in [0.1, 0.15) is 6.17 Å². The standard InChI is InChI=1S/C43H86N2/c1-4-7-10-13-15-17-19-21-22-23-25-27-29-31-34-37-40-45-42-41-44(39-36-33-12-9-6-3)43(45)38-35-32-30-28-26-24-20-18-16-14-11-8-5-2/h41-43H,4-40H2,1-3H3. The summed E-state index contributed by atoms with van der Waals surface area (Å²) >= 11 is 0. The Morgan fingerprint density at radius 1 is 0.289 bits per heavy atom. The fourth-order valence-electron chi connectivity index (χ4n) is 7.42. The van der Waals surface area contributed by atoms with Gasteiger partial charge in [-0.05, 0) is 25.7 Å². The highest BCUT2D eigenvalue weighted by Gasteiger charge is 2.24. The van der Waals surface area contributed by atoms with Crippen LogP contribution in [-0.2, 0) is 0 Å². The maximum absolute atomic E-state index is 2.72. The van der Waals surface area contributed by atoms with Gasteiger partial charge in [0, 0.05) is 25.5 Å². The molecule has 0 radical (unpaired) electrons. The highest BCUT2D eigenvalue weighted by Crippen LogP contribution is 2.24. The van der Waals surface area contributed by atoms with E-state index < -0.39 is 0 Å². The molecule has 0 aromatic carbocycles. The monoisotopic (exact) mass is 631 g/mol. The molecule has 268 valence electrons. The van der Waals surface area contributed by atoms with Crippen molar-refractivity contribution in [3.05, 3.63) is 12.4 Å². The van der Waals surface area contributed by atoms with E-state index in [1.807, 2.05) is 0 Å². The smallest absolute Gasteiger partial charge is 0.101 e. The van der Waals surface area contributed by atoms with E-state index in [1.165, 1.54) is 238 Å². The highest BCUT2D eigenvalue weighted by atomic mass is 15.4. The third kappa shape index (κ3) is 27.0. The van der Waals surface area contributed by atoms with Crippen LogP contribution in [0, 0.1) is 0 Å². The first-order chi connectivity index (χ1) is 22.3. The van der Waals surface area contributed by atoms with E-state index in [9.17, 15) is 0 Å². The van der Waals surface area contributed by atoms with Crippen molar-refractivity contribution in [2.75, 3.05) is 13.1 Å². The summed E-state index contributed by atoms with van der Waals surface area (Å²) in [7, 11) is 0. The maximum atomic E-state index is 2.72. The van der Waals surface area contributed by atoms with Crippen molar-refractivity contribution in [3.63, 3.8) is 0 Å². The van der Waals surface area contributed by atoms with E-state index in [2.05, 4.69) is 43.0 Å². The zero-order valence-electron chi connectivity index (χ0n) is 31.8. The van der Waals surface area contributed by atoms with E-state index >= 15 is 0 Å². The van der Waals surface area contributed by atoms with Gasteiger partial charge in [0.05, 0.1) is 0 Å². The van der Waals surface area contributed by atoms with Crippen molar-refractivity contribution >= 4 is 0 Å². The molecule has 45 heavy (non-hydrogen) atoms. The van der Waals surface area contributed by atoms with Gasteiger partial charge in [-0.1, -0.05) is 220 Å². The molecule has 0 saturated heterocycles. The van der Waals surface area contributed by atoms with Gasteiger partial charge in [-0.2, -0.15) is 0 Å². The predicted octanol–water partition coefficient (Wildman–Crippen LogP) is 15.1. The van der Waals surface area contributed by atoms with Crippen LogP contribution in [0.15, 0.2) is 12.4 Å². The Morgan fingerprint density at radius 3 is 0.778 bits per heavy atom. The van der Waals surface area contributed by atoms with Gasteiger partial charge in [-0.15, -0.1) is 0 Å². The molecule has 0 aromatic rings. The van der Waals surface area contributed by atoms with Gasteiger partial charge in [-0.3, -0.25) is 0 Å². The molecular formula is C43H86N2. The van der Waals surface area contributed by atoms with Crippen LogP contribution in [0.2, 0.25) is 0 Å². The first-order valence-corrected chi connectivity index (χ1v) is 21.5. The maximum Gasteiger partial charge on any atom is 0.101 e. The molecule has 0 aliphatic carbocycles. The molecule has 1 rings (SSSR count). The summed E-state index contributed by atoms with van der Waals surface area (Å²) in [6.45, 7) is 9.48. The predicted molar refractivity (Wildman–Crippen MR) is 205 cm³/mol. The first kappa shape index (κ1) is 42.4. The molecule has 1 aliphatic heterocycles. The van der Waals surface area contributed by atoms with Crippen LogP contribution in [0.1, 0.15) is 245 Å². The lowest BCUT2D eigenvalue weighted by molar-refractivity contribution is 0.135. The number of rotatable bonds is 37. The molecule has 1 aliphatic rings. The molecule has 1 unspecified atom stereocenters. The van der Waals surface area contributed by atoms with E-state index in [-0.39, 0.29) is 0 Å². The topological polar surface area (TPSA) is 6.48 Å². The van der Waals surface area contributed by atoms with Crippen molar-refractivity contribution in [3.8, 4) is 0 Å². The summed E-state index contributed by atoms with van der Waals surface area (Å²) < 4.78 is 0. The molecule has 0 saturated carbocycles. The molecule has 0 bridgehead atoms. The molecule has 0 fully saturated rings. The van der Waals surface area contributed by atoms with Crippen LogP contribution in [0.25, 0.3) is 0 Å². The summed E-state index contributed by atoms with van der Waals surface area (Å²) in [5.74, 6) is 0. The minimum absolute atomic E-state index is 0.639. The fraction of sp³-hybridized carbons (Fsp3) is 0.953. The highest BCUT2D eigenvalue weighted by molar-refractivity contribution is 4.97. The minimum Gasteiger partial charge on any atom is -0.356 e. The summed E-state index contributed by atoms with van der Waals surface area (Å²) in [5, 5.41) is 0. The lowest BCUT2D eigenvalue weighted by atomic mass is 10.0. The summed E-state index contributed by atoms with van der Waals surface area (Å²) in [5.41, 5.74) is 0. The summed E-state index contributed by atoms with van der Waals surface area (Å²) in [6.07, 6.45) is 55.9. The van der Waals surface area contributed by atoms with Crippen LogP contribution in [0.3, 0.4) is 0 Å². The molecular weight excluding hydrogens is 544 g/mol. The zero-order valence-corrected chi connectivity index (χ0v) is 31.8. The molecule has 0 spiro atoms. The van der Waals surface area contributed by atoms with Gasteiger partial charge in [0.15, 0.2) is 0 Å². The number of nitrogens with zero attached hydrogens (tertiary/aromatic N) is 2. The molecule has 1 atom stereocenters. The minimum atomic E-state index is 0.639. The third-order valence-electron chi connectivity index (χ3n) is 10.6. The first-order valence-electron chi connectivity index (χ1n) is 21.5. The number of hydrogen-bond acceptors (Lipinski definition) is 2. The van der Waals surface area contributed by atoms with Crippen molar-refractivity contribution in [2.24, 2.45) is 0 Å². The lowest BCUT2D eigenvalue weighted by Crippen LogP contribution is -2.39. The Hall–Kier alpha value is -0.660. The van der Waals surface area contributed by atoms with Crippen molar-refractivity contribution in [2.45, 2.75) is 252 Å². The largest absolute Gasteiger partial charge is 0.356 e. The average molecular weight is 631 g/mol. The van der Waals surface area contributed by atoms with Gasteiger partial charge in [0.25, 0.3) is 0 Å². The second-order valence-corrected chi connectivity index (χ2v) is 15.0. The van der Waals surface area contributed by atoms with E-state index in [0.717, 1.165) is 0 Å². The average Bonchev–Trinajstić information content (AvgIpc) is 3.43. The van der Waals surface area contributed by atoms with E-state index in [0.29, 0.717) is 6.17 Å². The second kappa shape index (κ2) is 34.7. The van der Waals surface area contributed by atoms with Gasteiger partial charge >= 0.3 is 0 Å². The normalized spacial score (nSPS) is 14.8. The van der Waals surface area contributed by atoms with Crippen molar-refractivity contribution < 1.29 is 0 Å². The van der Waals surface area contributed by atoms with Crippen molar-refractivity contribution in [1.82, 2.24) is 9.80 Å². The van der Waals surface area contributed by atoms with Crippen LogP contribution in [0.4, 0.5) is 0 Å². The molecule has 1 heterocycles. The van der Waals surface area contributed by atoms with E-state index in [1.54, 1.807) is 0 Å². The summed E-state index contributed by atoms with van der Waals surface area (Å²) in [4.78, 5) is 5.43. The SMILES string of the molecule is CCCCCCCCCCCCCCCCCCN1C=CN(CCCCCCC)C1CCCCCCCCCCCCCCC. The lowest BCUT2D eigenvalue weighted by Gasteiger charge is -2.33. The third-order valence-corrected chi connectivity index (χ3v) is 10.6. The molecule has 0 aromatic heterocycles. The number of unbranched alkanes of at least 4 members (excludes halogenated alkanes) is 31. The Balaban J connectivity index is 2.11. The number of hydrogen-bond donors (Lipinski definition) is 0. The van der Waals surface area contributed by atoms with Crippen LogP contribution < -0.4 is 0 Å². The quantitative estimate of drug-likeness (QED) is 0.0630. The Morgan fingerprint density at radius 2 is 0.511 bits per heavy atom. The Kier molecular flexibility index (Phi) is 32.6. The van der Waals surface area contributed by atoms with Crippen LogP contribution in [0.5, 0.6) is 0 Å². The molecule has 2 nitrogen and oxygen atoms in total. The molecule has 0 amide bonds. The molecule has 2 heteroatoms. The van der Waals surface area contributed by atoms with E-state index in [4.69, 9.17) is 0 Å². The van der Waals surface area contributed by atoms with Crippen LogP contribution >= 0.6 is 0 Å². The molecule has 0 N–H and O–H groups in total.